The summed E-state index contributed by atoms with van der Waals surface area (Å²) in [7, 11) is 0. The zero-order valence-electron chi connectivity index (χ0n) is 12.2. The fourth-order valence-electron chi connectivity index (χ4n) is 2.92. The van der Waals surface area contributed by atoms with Gasteiger partial charge in [0.05, 0.1) is 23.0 Å². The quantitative estimate of drug-likeness (QED) is 0.322. The van der Waals surface area contributed by atoms with Crippen LogP contribution in [0, 0.1) is 5.92 Å². The van der Waals surface area contributed by atoms with Crippen LogP contribution in [0.5, 0.6) is 0 Å². The molecule has 0 radical (unpaired) electrons. The first-order valence-electron chi connectivity index (χ1n) is 7.04. The topological polar surface area (TPSA) is 73.7 Å². The van der Waals surface area contributed by atoms with Gasteiger partial charge < -0.3 is 15.8 Å². The van der Waals surface area contributed by atoms with Crippen LogP contribution in [0.1, 0.15) is 19.4 Å². The van der Waals surface area contributed by atoms with Gasteiger partial charge in [0.25, 0.3) is 5.91 Å². The zero-order chi connectivity index (χ0) is 15.9. The number of hydrogen-bond donors (Lipinski definition) is 3. The standard InChI is InChI=1S/C16H16ClN3O2/c1-3-4-11-8(2)14(20-22)15(18-11)13-10-6-5-9(17)7-12(10)19-16(13)21/h3-8,11,18,22H,1-2H3,(H,19,21)/b4-3-,15-13-,20-14-. The van der Waals surface area contributed by atoms with Gasteiger partial charge in [-0.1, -0.05) is 41.9 Å². The minimum atomic E-state index is -0.228. The summed E-state index contributed by atoms with van der Waals surface area (Å²) in [5, 5.41) is 19.4. The molecular weight excluding hydrogens is 302 g/mol. The second-order valence-corrected chi connectivity index (χ2v) is 5.80. The molecule has 0 saturated carbocycles. The third-order valence-corrected chi connectivity index (χ3v) is 4.26. The number of rotatable bonds is 1. The summed E-state index contributed by atoms with van der Waals surface area (Å²) >= 11 is 5.97. The molecule has 5 nitrogen and oxygen atoms in total. The fraction of sp³-hybridized carbons (Fsp3) is 0.250. The molecular formula is C16H16ClN3O2. The van der Waals surface area contributed by atoms with Gasteiger partial charge in [0.2, 0.25) is 0 Å². The molecule has 114 valence electrons. The van der Waals surface area contributed by atoms with Crippen molar-refractivity contribution in [1.29, 1.82) is 0 Å². The lowest BCUT2D eigenvalue weighted by Gasteiger charge is -2.09. The molecule has 0 bridgehead atoms. The number of nitrogens with zero attached hydrogens (tertiary/aromatic N) is 1. The number of allylic oxidation sites excluding steroid dienone is 2. The van der Waals surface area contributed by atoms with Crippen LogP contribution in [0.25, 0.3) is 5.57 Å². The minimum absolute atomic E-state index is 0.0115. The van der Waals surface area contributed by atoms with Crippen LogP contribution in [0.4, 0.5) is 5.69 Å². The molecule has 0 aliphatic carbocycles. The Labute approximate surface area is 133 Å². The molecule has 2 unspecified atom stereocenters. The summed E-state index contributed by atoms with van der Waals surface area (Å²) in [6, 6.07) is 5.23. The summed E-state index contributed by atoms with van der Waals surface area (Å²) in [5.41, 5.74) is 2.96. The van der Waals surface area contributed by atoms with E-state index >= 15 is 0 Å². The Hall–Kier alpha value is -2.27. The number of anilines is 1. The van der Waals surface area contributed by atoms with Crippen molar-refractivity contribution >= 4 is 34.5 Å². The first-order valence-corrected chi connectivity index (χ1v) is 7.41. The van der Waals surface area contributed by atoms with E-state index in [-0.39, 0.29) is 17.9 Å². The molecule has 1 fully saturated rings. The highest BCUT2D eigenvalue weighted by atomic mass is 35.5. The fourth-order valence-corrected chi connectivity index (χ4v) is 3.09. The van der Waals surface area contributed by atoms with Crippen molar-refractivity contribution in [2.24, 2.45) is 11.1 Å². The van der Waals surface area contributed by atoms with Gasteiger partial charge in [-0.15, -0.1) is 0 Å². The molecule has 0 aromatic heterocycles. The Kier molecular flexibility index (Phi) is 3.66. The van der Waals surface area contributed by atoms with Gasteiger partial charge in [0, 0.05) is 16.5 Å². The van der Waals surface area contributed by atoms with Crippen molar-refractivity contribution < 1.29 is 10.0 Å². The van der Waals surface area contributed by atoms with Gasteiger partial charge in [-0.2, -0.15) is 0 Å². The highest BCUT2D eigenvalue weighted by Crippen LogP contribution is 2.38. The van der Waals surface area contributed by atoms with Crippen molar-refractivity contribution in [3.63, 3.8) is 0 Å². The maximum absolute atomic E-state index is 12.4. The Balaban J connectivity index is 2.16. The Morgan fingerprint density at radius 3 is 2.86 bits per heavy atom. The van der Waals surface area contributed by atoms with E-state index in [1.165, 1.54) is 0 Å². The maximum Gasteiger partial charge on any atom is 0.258 e. The number of benzene rings is 1. The number of nitrogens with one attached hydrogen (secondary N) is 2. The van der Waals surface area contributed by atoms with Crippen molar-refractivity contribution in [1.82, 2.24) is 5.32 Å². The summed E-state index contributed by atoms with van der Waals surface area (Å²) in [6.07, 6.45) is 3.91. The van der Waals surface area contributed by atoms with Crippen LogP contribution < -0.4 is 10.6 Å². The minimum Gasteiger partial charge on any atom is -0.411 e. The van der Waals surface area contributed by atoms with Gasteiger partial charge in [-0.05, 0) is 19.1 Å². The van der Waals surface area contributed by atoms with Crippen LogP contribution in [0.3, 0.4) is 0 Å². The molecule has 2 aliphatic heterocycles. The second-order valence-electron chi connectivity index (χ2n) is 5.36. The van der Waals surface area contributed by atoms with Gasteiger partial charge in [0.15, 0.2) is 0 Å². The van der Waals surface area contributed by atoms with Crippen LogP contribution >= 0.6 is 11.6 Å². The van der Waals surface area contributed by atoms with E-state index in [9.17, 15) is 10.0 Å². The molecule has 2 heterocycles. The van der Waals surface area contributed by atoms with Crippen LogP contribution in [-0.4, -0.2) is 22.9 Å². The first kappa shape index (κ1) is 14.7. The highest BCUT2D eigenvalue weighted by molar-refractivity contribution is 6.37. The predicted octanol–water partition coefficient (Wildman–Crippen LogP) is 3.02. The lowest BCUT2D eigenvalue weighted by molar-refractivity contribution is -0.110. The molecule has 1 saturated heterocycles. The van der Waals surface area contributed by atoms with E-state index in [0.29, 0.717) is 27.7 Å². The number of amides is 1. The zero-order valence-corrected chi connectivity index (χ0v) is 13.0. The summed E-state index contributed by atoms with van der Waals surface area (Å²) in [5.74, 6) is -0.262. The first-order chi connectivity index (χ1) is 10.6. The van der Waals surface area contributed by atoms with Crippen LogP contribution in [-0.2, 0) is 4.79 Å². The summed E-state index contributed by atoms with van der Waals surface area (Å²) < 4.78 is 0. The van der Waals surface area contributed by atoms with Crippen molar-refractivity contribution in [2.75, 3.05) is 5.32 Å². The van der Waals surface area contributed by atoms with E-state index in [4.69, 9.17) is 11.6 Å². The lowest BCUT2D eigenvalue weighted by atomic mass is 9.97. The molecule has 2 aliphatic rings. The lowest BCUT2D eigenvalue weighted by Crippen LogP contribution is -2.23. The Morgan fingerprint density at radius 2 is 2.18 bits per heavy atom. The highest BCUT2D eigenvalue weighted by Gasteiger charge is 2.38. The Bertz CT molecular complexity index is 737. The average Bonchev–Trinajstić information content (AvgIpc) is 2.95. The molecule has 3 rings (SSSR count). The monoisotopic (exact) mass is 317 g/mol. The molecule has 1 aromatic carbocycles. The normalized spacial score (nSPS) is 29.0. The number of hydrogen-bond acceptors (Lipinski definition) is 4. The molecule has 6 heteroatoms. The largest absolute Gasteiger partial charge is 0.411 e. The molecule has 1 amide bonds. The van der Waals surface area contributed by atoms with Crippen molar-refractivity contribution in [3.8, 4) is 0 Å². The maximum atomic E-state index is 12.4. The van der Waals surface area contributed by atoms with E-state index < -0.39 is 0 Å². The van der Waals surface area contributed by atoms with E-state index in [0.717, 1.165) is 5.56 Å². The van der Waals surface area contributed by atoms with Crippen LogP contribution in [0.2, 0.25) is 5.02 Å². The van der Waals surface area contributed by atoms with Crippen molar-refractivity contribution in [3.05, 3.63) is 46.6 Å². The van der Waals surface area contributed by atoms with E-state index in [2.05, 4.69) is 15.8 Å². The molecule has 0 spiro atoms. The summed E-state index contributed by atoms with van der Waals surface area (Å²) in [4.78, 5) is 12.4. The number of carbonyl (C=O) groups excluding carboxylic acids is 1. The predicted molar refractivity (Wildman–Crippen MR) is 87.1 cm³/mol. The molecule has 3 N–H and O–H groups in total. The van der Waals surface area contributed by atoms with Gasteiger partial charge in [-0.25, -0.2) is 0 Å². The molecule has 22 heavy (non-hydrogen) atoms. The number of oxime groups is 1. The van der Waals surface area contributed by atoms with Gasteiger partial charge >= 0.3 is 0 Å². The van der Waals surface area contributed by atoms with Gasteiger partial charge in [-0.3, -0.25) is 4.79 Å². The second kappa shape index (κ2) is 5.50. The molecule has 2 atom stereocenters. The smallest absolute Gasteiger partial charge is 0.258 e. The Morgan fingerprint density at radius 1 is 1.41 bits per heavy atom. The van der Waals surface area contributed by atoms with Crippen LogP contribution in [0.15, 0.2) is 41.2 Å². The number of halogens is 1. The number of fused-ring (bicyclic) bond motifs is 1. The van der Waals surface area contributed by atoms with E-state index in [1.807, 2.05) is 26.0 Å². The van der Waals surface area contributed by atoms with Gasteiger partial charge in [0.1, 0.15) is 5.71 Å². The average molecular weight is 318 g/mol. The van der Waals surface area contributed by atoms with E-state index in [1.54, 1.807) is 18.2 Å². The molecule has 1 aromatic rings. The third-order valence-electron chi connectivity index (χ3n) is 4.02. The van der Waals surface area contributed by atoms with Crippen molar-refractivity contribution in [2.45, 2.75) is 19.9 Å². The SMILES string of the molecule is C/C=C\C1NC(=C2\C(=O)Nc3cc(Cl)ccc32)/C(=N\O)C1C. The summed E-state index contributed by atoms with van der Waals surface area (Å²) in [6.45, 7) is 3.88. The third kappa shape index (κ3) is 2.18. The number of carbonyl (C=O) groups is 1.